The highest BCUT2D eigenvalue weighted by molar-refractivity contribution is 6.08. The first-order valence-corrected chi connectivity index (χ1v) is 9.04. The number of carbonyl (C=O) groups excluding carboxylic acids is 2. The molecule has 7 nitrogen and oxygen atoms in total. The highest BCUT2D eigenvalue weighted by atomic mass is 19.2. The Bertz CT molecular complexity index is 1290. The van der Waals surface area contributed by atoms with Crippen molar-refractivity contribution in [2.24, 2.45) is 0 Å². The van der Waals surface area contributed by atoms with Crippen LogP contribution in [-0.4, -0.2) is 27.0 Å². The van der Waals surface area contributed by atoms with Crippen molar-refractivity contribution < 1.29 is 22.8 Å². The van der Waals surface area contributed by atoms with Gasteiger partial charge >= 0.3 is 0 Å². The minimum Gasteiger partial charge on any atom is -0.326 e. The van der Waals surface area contributed by atoms with Crippen molar-refractivity contribution >= 4 is 34.1 Å². The Hall–Kier alpha value is -4.21. The number of rotatable bonds is 5. The Morgan fingerprint density at radius 3 is 2.55 bits per heavy atom. The third kappa shape index (κ3) is 4.22. The lowest BCUT2D eigenvalue weighted by molar-refractivity contribution is -0.123. The molecular formula is C21H14F3N5O2. The average Bonchev–Trinajstić information content (AvgIpc) is 3.18. The SMILES string of the molecule is O=C(CC(=O)Nc1ccc(F)c(F)c1F)Nc1ccc2c(-c3cccnc3)n[nH]c2c1. The summed E-state index contributed by atoms with van der Waals surface area (Å²) in [6.07, 6.45) is 2.68. The summed E-state index contributed by atoms with van der Waals surface area (Å²) in [6, 6.07) is 10.3. The first kappa shape index (κ1) is 20.1. The maximum atomic E-state index is 13.6. The monoisotopic (exact) mass is 425 g/mol. The Morgan fingerprint density at radius 1 is 0.968 bits per heavy atom. The first-order valence-electron chi connectivity index (χ1n) is 9.04. The average molecular weight is 425 g/mol. The highest BCUT2D eigenvalue weighted by Crippen LogP contribution is 2.27. The van der Waals surface area contributed by atoms with Gasteiger partial charge in [-0.25, -0.2) is 13.2 Å². The van der Waals surface area contributed by atoms with Crippen LogP contribution in [0.1, 0.15) is 6.42 Å². The van der Waals surface area contributed by atoms with E-state index in [1.807, 2.05) is 11.4 Å². The predicted molar refractivity (Wildman–Crippen MR) is 108 cm³/mol. The summed E-state index contributed by atoms with van der Waals surface area (Å²) in [5, 5.41) is 12.5. The quantitative estimate of drug-likeness (QED) is 0.332. The first-order chi connectivity index (χ1) is 14.9. The van der Waals surface area contributed by atoms with Crippen LogP contribution in [0.2, 0.25) is 0 Å². The molecule has 0 fully saturated rings. The van der Waals surface area contributed by atoms with Crippen LogP contribution in [0.15, 0.2) is 54.9 Å². The van der Waals surface area contributed by atoms with Crippen LogP contribution in [0, 0.1) is 17.5 Å². The number of hydrogen-bond donors (Lipinski definition) is 3. The predicted octanol–water partition coefficient (Wildman–Crippen LogP) is 4.01. The van der Waals surface area contributed by atoms with Gasteiger partial charge in [0, 0.05) is 29.0 Å². The van der Waals surface area contributed by atoms with E-state index >= 15 is 0 Å². The molecule has 2 heterocycles. The number of hydrogen-bond acceptors (Lipinski definition) is 4. The Balaban J connectivity index is 1.43. The number of nitrogens with one attached hydrogen (secondary N) is 3. The van der Waals surface area contributed by atoms with Crippen molar-refractivity contribution in [2.45, 2.75) is 6.42 Å². The molecule has 0 unspecified atom stereocenters. The van der Waals surface area contributed by atoms with Crippen LogP contribution in [0.5, 0.6) is 0 Å². The van der Waals surface area contributed by atoms with E-state index in [-0.39, 0.29) is 0 Å². The van der Waals surface area contributed by atoms with E-state index in [1.54, 1.807) is 36.7 Å². The number of nitrogens with zero attached hydrogens (tertiary/aromatic N) is 2. The molecule has 0 spiro atoms. The minimum absolute atomic E-state index is 0.408. The van der Waals surface area contributed by atoms with Crippen molar-refractivity contribution in [1.29, 1.82) is 0 Å². The topological polar surface area (TPSA) is 99.8 Å². The molecule has 3 N–H and O–H groups in total. The van der Waals surface area contributed by atoms with Gasteiger partial charge in [-0.2, -0.15) is 5.10 Å². The van der Waals surface area contributed by atoms with Gasteiger partial charge in [0.25, 0.3) is 0 Å². The van der Waals surface area contributed by atoms with Crippen LogP contribution >= 0.6 is 0 Å². The molecule has 0 saturated heterocycles. The van der Waals surface area contributed by atoms with Gasteiger partial charge in [0.15, 0.2) is 17.5 Å². The van der Waals surface area contributed by atoms with E-state index in [4.69, 9.17) is 0 Å². The maximum absolute atomic E-state index is 13.6. The molecule has 0 bridgehead atoms. The van der Waals surface area contributed by atoms with E-state index < -0.39 is 41.4 Å². The molecule has 4 rings (SSSR count). The fraction of sp³-hybridized carbons (Fsp3) is 0.0476. The Labute approximate surface area is 173 Å². The molecule has 0 saturated carbocycles. The van der Waals surface area contributed by atoms with Gasteiger partial charge in [-0.1, -0.05) is 0 Å². The van der Waals surface area contributed by atoms with Crippen LogP contribution in [-0.2, 0) is 9.59 Å². The van der Waals surface area contributed by atoms with Gasteiger partial charge in [-0.05, 0) is 42.5 Å². The van der Waals surface area contributed by atoms with E-state index in [0.29, 0.717) is 23.0 Å². The summed E-state index contributed by atoms with van der Waals surface area (Å²) >= 11 is 0. The minimum atomic E-state index is -1.71. The number of aromatic amines is 1. The normalized spacial score (nSPS) is 10.8. The third-order valence-electron chi connectivity index (χ3n) is 4.41. The number of amides is 2. The van der Waals surface area contributed by atoms with Crippen LogP contribution in [0.25, 0.3) is 22.2 Å². The Kier molecular flexibility index (Phi) is 5.35. The lowest BCUT2D eigenvalue weighted by Gasteiger charge is -2.08. The number of pyridine rings is 1. The number of aromatic nitrogens is 3. The van der Waals surface area contributed by atoms with E-state index in [0.717, 1.165) is 17.0 Å². The zero-order chi connectivity index (χ0) is 22.0. The number of anilines is 2. The molecule has 2 aromatic heterocycles. The summed E-state index contributed by atoms with van der Waals surface area (Å²) in [4.78, 5) is 28.2. The second-order valence-electron chi connectivity index (χ2n) is 6.57. The Morgan fingerprint density at radius 2 is 1.77 bits per heavy atom. The molecule has 0 radical (unpaired) electrons. The van der Waals surface area contributed by atoms with Gasteiger partial charge in [0.2, 0.25) is 11.8 Å². The molecular weight excluding hydrogens is 411 g/mol. The second-order valence-corrected chi connectivity index (χ2v) is 6.57. The molecule has 0 aliphatic carbocycles. The standard InChI is InChI=1S/C21H14F3N5O2/c22-14-5-6-15(20(24)19(14)23)27-18(31)9-17(30)26-12-3-4-13-16(8-12)28-29-21(13)11-2-1-7-25-10-11/h1-8,10H,9H2,(H,26,30)(H,27,31)(H,28,29). The summed E-state index contributed by atoms with van der Waals surface area (Å²) in [5.41, 5.74) is 2.04. The van der Waals surface area contributed by atoms with Gasteiger partial charge in [-0.3, -0.25) is 19.7 Å². The summed E-state index contributed by atoms with van der Waals surface area (Å²) in [6.45, 7) is 0. The van der Waals surface area contributed by atoms with E-state index in [1.165, 1.54) is 0 Å². The fourth-order valence-corrected chi connectivity index (χ4v) is 2.99. The molecule has 10 heteroatoms. The highest BCUT2D eigenvalue weighted by Gasteiger charge is 2.17. The number of benzene rings is 2. The third-order valence-corrected chi connectivity index (χ3v) is 4.41. The van der Waals surface area contributed by atoms with E-state index in [2.05, 4.69) is 20.5 Å². The van der Waals surface area contributed by atoms with Crippen LogP contribution in [0.4, 0.5) is 24.5 Å². The lowest BCUT2D eigenvalue weighted by atomic mass is 10.1. The zero-order valence-corrected chi connectivity index (χ0v) is 15.7. The number of halogens is 3. The maximum Gasteiger partial charge on any atom is 0.233 e. The van der Waals surface area contributed by atoms with Gasteiger partial charge in [-0.15, -0.1) is 0 Å². The largest absolute Gasteiger partial charge is 0.326 e. The van der Waals surface area contributed by atoms with Gasteiger partial charge in [0.1, 0.15) is 12.1 Å². The fourth-order valence-electron chi connectivity index (χ4n) is 2.99. The number of carbonyl (C=O) groups is 2. The summed E-state index contributed by atoms with van der Waals surface area (Å²) in [5.74, 6) is -6.19. The number of fused-ring (bicyclic) bond motifs is 1. The molecule has 2 amide bonds. The van der Waals surface area contributed by atoms with Gasteiger partial charge in [0.05, 0.1) is 11.2 Å². The summed E-state index contributed by atoms with van der Waals surface area (Å²) < 4.78 is 39.8. The molecule has 156 valence electrons. The van der Waals surface area contributed by atoms with Crippen molar-refractivity contribution in [2.75, 3.05) is 10.6 Å². The van der Waals surface area contributed by atoms with Crippen LogP contribution < -0.4 is 10.6 Å². The van der Waals surface area contributed by atoms with Crippen molar-refractivity contribution in [3.63, 3.8) is 0 Å². The second kappa shape index (κ2) is 8.27. The smallest absolute Gasteiger partial charge is 0.233 e. The molecule has 2 aromatic carbocycles. The van der Waals surface area contributed by atoms with E-state index in [9.17, 15) is 22.8 Å². The molecule has 0 atom stereocenters. The van der Waals surface area contributed by atoms with Crippen molar-refractivity contribution in [3.05, 3.63) is 72.3 Å². The summed E-state index contributed by atoms with van der Waals surface area (Å²) in [7, 11) is 0. The van der Waals surface area contributed by atoms with Crippen LogP contribution in [0.3, 0.4) is 0 Å². The molecule has 31 heavy (non-hydrogen) atoms. The molecule has 4 aromatic rings. The lowest BCUT2D eigenvalue weighted by Crippen LogP contribution is -2.22. The zero-order valence-electron chi connectivity index (χ0n) is 15.7. The molecule has 0 aliphatic rings. The van der Waals surface area contributed by atoms with Crippen molar-refractivity contribution in [1.82, 2.24) is 15.2 Å². The van der Waals surface area contributed by atoms with Crippen molar-refractivity contribution in [3.8, 4) is 11.3 Å². The van der Waals surface area contributed by atoms with Gasteiger partial charge < -0.3 is 10.6 Å². The number of H-pyrrole nitrogens is 1. The molecule has 0 aliphatic heterocycles.